The van der Waals surface area contributed by atoms with E-state index in [4.69, 9.17) is 0 Å². The molecular formula is C17H27BrN2. The average Bonchev–Trinajstić information content (AvgIpc) is 2.39. The molecular weight excluding hydrogens is 312 g/mol. The highest BCUT2D eigenvalue weighted by atomic mass is 79.9. The van der Waals surface area contributed by atoms with Crippen molar-refractivity contribution >= 4 is 27.3 Å². The fourth-order valence-electron chi connectivity index (χ4n) is 3.16. The Morgan fingerprint density at radius 2 is 1.80 bits per heavy atom. The molecule has 1 aromatic rings. The van der Waals surface area contributed by atoms with Gasteiger partial charge >= 0.3 is 0 Å². The van der Waals surface area contributed by atoms with Gasteiger partial charge in [0.25, 0.3) is 0 Å². The van der Waals surface area contributed by atoms with Crippen molar-refractivity contribution in [3.8, 4) is 0 Å². The van der Waals surface area contributed by atoms with Gasteiger partial charge in [-0.05, 0) is 55.7 Å². The minimum Gasteiger partial charge on any atom is -0.381 e. The summed E-state index contributed by atoms with van der Waals surface area (Å²) < 4.78 is 1.14. The molecule has 0 aliphatic heterocycles. The molecule has 1 fully saturated rings. The van der Waals surface area contributed by atoms with Crippen molar-refractivity contribution in [1.29, 1.82) is 0 Å². The molecule has 0 aromatic heterocycles. The van der Waals surface area contributed by atoms with Gasteiger partial charge in [0.2, 0.25) is 0 Å². The first-order valence-corrected chi connectivity index (χ1v) is 8.50. The highest BCUT2D eigenvalue weighted by Gasteiger charge is 2.23. The zero-order valence-corrected chi connectivity index (χ0v) is 14.7. The molecule has 2 rings (SSSR count). The van der Waals surface area contributed by atoms with Crippen LogP contribution in [0.25, 0.3) is 0 Å². The number of nitrogens with one attached hydrogen (secondary N) is 1. The molecule has 0 bridgehead atoms. The summed E-state index contributed by atoms with van der Waals surface area (Å²) in [6.45, 7) is 4.72. The predicted octanol–water partition coefficient (Wildman–Crippen LogP) is 5.14. The number of rotatable bonds is 4. The van der Waals surface area contributed by atoms with Gasteiger partial charge < -0.3 is 10.2 Å². The molecule has 1 aliphatic rings. The van der Waals surface area contributed by atoms with Crippen LogP contribution in [0.5, 0.6) is 0 Å². The second-order valence-corrected chi connectivity index (χ2v) is 7.47. The molecule has 0 radical (unpaired) electrons. The monoisotopic (exact) mass is 338 g/mol. The maximum Gasteiger partial charge on any atom is 0.0597 e. The predicted molar refractivity (Wildman–Crippen MR) is 92.7 cm³/mol. The molecule has 0 spiro atoms. The second kappa shape index (κ2) is 6.84. The first-order chi connectivity index (χ1) is 9.47. The number of anilines is 2. The highest BCUT2D eigenvalue weighted by Crippen LogP contribution is 2.34. The maximum atomic E-state index is 3.76. The lowest BCUT2D eigenvalue weighted by Gasteiger charge is -2.32. The van der Waals surface area contributed by atoms with E-state index in [2.05, 4.69) is 72.3 Å². The molecule has 1 saturated carbocycles. The van der Waals surface area contributed by atoms with E-state index >= 15 is 0 Å². The molecule has 0 atom stereocenters. The van der Waals surface area contributed by atoms with Crippen LogP contribution >= 0.6 is 15.9 Å². The second-order valence-electron chi connectivity index (χ2n) is 6.56. The van der Waals surface area contributed by atoms with Crippen molar-refractivity contribution in [2.75, 3.05) is 24.3 Å². The fourth-order valence-corrected chi connectivity index (χ4v) is 3.53. The molecule has 0 amide bonds. The smallest absolute Gasteiger partial charge is 0.0597 e. The van der Waals surface area contributed by atoms with Crippen LogP contribution < -0.4 is 10.2 Å². The van der Waals surface area contributed by atoms with Crippen LogP contribution in [0.15, 0.2) is 22.7 Å². The lowest BCUT2D eigenvalue weighted by molar-refractivity contribution is 0.267. The molecule has 3 heteroatoms. The van der Waals surface area contributed by atoms with E-state index < -0.39 is 0 Å². The summed E-state index contributed by atoms with van der Waals surface area (Å²) in [5.41, 5.74) is 2.51. The van der Waals surface area contributed by atoms with E-state index in [1.165, 1.54) is 37.1 Å². The molecule has 1 aromatic carbocycles. The molecule has 1 N–H and O–H groups in total. The van der Waals surface area contributed by atoms with Gasteiger partial charge in [-0.15, -0.1) is 0 Å². The Morgan fingerprint density at radius 1 is 1.15 bits per heavy atom. The Balaban J connectivity index is 2.02. The standard InChI is InChI=1S/C17H27BrN2/c1-12(2)13-5-8-15(9-6-13)19-16-11-14(18)7-10-17(16)20(3)4/h7,10-13,15,19H,5-6,8-9H2,1-4H3. The summed E-state index contributed by atoms with van der Waals surface area (Å²) in [6, 6.07) is 7.10. The van der Waals surface area contributed by atoms with Gasteiger partial charge in [-0.2, -0.15) is 0 Å². The van der Waals surface area contributed by atoms with Crippen LogP contribution in [-0.2, 0) is 0 Å². The summed E-state index contributed by atoms with van der Waals surface area (Å²) in [4.78, 5) is 2.18. The van der Waals surface area contributed by atoms with E-state index in [-0.39, 0.29) is 0 Å². The number of hydrogen-bond acceptors (Lipinski definition) is 2. The summed E-state index contributed by atoms with van der Waals surface area (Å²) in [7, 11) is 4.20. The van der Waals surface area contributed by atoms with E-state index in [1.807, 2.05) is 0 Å². The lowest BCUT2D eigenvalue weighted by Crippen LogP contribution is -2.28. The van der Waals surface area contributed by atoms with Crippen LogP contribution in [0.2, 0.25) is 0 Å². The van der Waals surface area contributed by atoms with Gasteiger partial charge in [-0.3, -0.25) is 0 Å². The Hall–Kier alpha value is -0.700. The first-order valence-electron chi connectivity index (χ1n) is 7.70. The largest absolute Gasteiger partial charge is 0.381 e. The summed E-state index contributed by atoms with van der Waals surface area (Å²) >= 11 is 3.58. The normalized spacial score (nSPS) is 22.9. The van der Waals surface area contributed by atoms with Crippen molar-refractivity contribution in [2.45, 2.75) is 45.6 Å². The van der Waals surface area contributed by atoms with Gasteiger partial charge in [0.15, 0.2) is 0 Å². The number of benzene rings is 1. The highest BCUT2D eigenvalue weighted by molar-refractivity contribution is 9.10. The Labute approximate surface area is 132 Å². The van der Waals surface area contributed by atoms with Gasteiger partial charge in [-0.1, -0.05) is 29.8 Å². The van der Waals surface area contributed by atoms with Crippen LogP contribution in [0.1, 0.15) is 39.5 Å². The summed E-state index contributed by atoms with van der Waals surface area (Å²) in [6.07, 6.45) is 5.31. The number of halogens is 1. The number of nitrogens with zero attached hydrogens (tertiary/aromatic N) is 1. The van der Waals surface area contributed by atoms with E-state index in [1.54, 1.807) is 0 Å². The zero-order valence-electron chi connectivity index (χ0n) is 13.1. The minimum absolute atomic E-state index is 0.623. The third-order valence-electron chi connectivity index (χ3n) is 4.51. The molecule has 2 nitrogen and oxygen atoms in total. The summed E-state index contributed by atoms with van der Waals surface area (Å²) in [5.74, 6) is 1.75. The van der Waals surface area contributed by atoms with Gasteiger partial charge in [-0.25, -0.2) is 0 Å². The van der Waals surface area contributed by atoms with Crippen LogP contribution in [0.4, 0.5) is 11.4 Å². The van der Waals surface area contributed by atoms with E-state index in [0.29, 0.717) is 6.04 Å². The summed E-state index contributed by atoms with van der Waals surface area (Å²) in [5, 5.41) is 3.76. The minimum atomic E-state index is 0.623. The van der Waals surface area contributed by atoms with Gasteiger partial charge in [0.05, 0.1) is 11.4 Å². The molecule has 0 unspecified atom stereocenters. The topological polar surface area (TPSA) is 15.3 Å². The molecule has 0 saturated heterocycles. The number of hydrogen-bond donors (Lipinski definition) is 1. The third kappa shape index (κ3) is 3.91. The van der Waals surface area contributed by atoms with Crippen molar-refractivity contribution in [3.63, 3.8) is 0 Å². The fraction of sp³-hybridized carbons (Fsp3) is 0.647. The Bertz CT molecular complexity index is 435. The van der Waals surface area contributed by atoms with E-state index in [9.17, 15) is 0 Å². The zero-order chi connectivity index (χ0) is 14.7. The van der Waals surface area contributed by atoms with Gasteiger partial charge in [0, 0.05) is 24.6 Å². The van der Waals surface area contributed by atoms with Crippen molar-refractivity contribution in [2.24, 2.45) is 11.8 Å². The Morgan fingerprint density at radius 3 is 2.35 bits per heavy atom. The first kappa shape index (κ1) is 15.7. The van der Waals surface area contributed by atoms with Crippen molar-refractivity contribution in [1.82, 2.24) is 0 Å². The SMILES string of the molecule is CC(C)C1CCC(Nc2cc(Br)ccc2N(C)C)CC1. The van der Waals surface area contributed by atoms with Crippen molar-refractivity contribution in [3.05, 3.63) is 22.7 Å². The molecule has 112 valence electrons. The van der Waals surface area contributed by atoms with Gasteiger partial charge in [0.1, 0.15) is 0 Å². The maximum absolute atomic E-state index is 3.76. The average molecular weight is 339 g/mol. The van der Waals surface area contributed by atoms with Crippen molar-refractivity contribution < 1.29 is 0 Å². The molecule has 1 aliphatic carbocycles. The van der Waals surface area contributed by atoms with Crippen LogP contribution in [0.3, 0.4) is 0 Å². The molecule has 20 heavy (non-hydrogen) atoms. The molecule has 0 heterocycles. The van der Waals surface area contributed by atoms with Crippen LogP contribution in [0, 0.1) is 11.8 Å². The third-order valence-corrected chi connectivity index (χ3v) is 5.01. The lowest BCUT2D eigenvalue weighted by atomic mass is 9.79. The van der Waals surface area contributed by atoms with E-state index in [0.717, 1.165) is 16.3 Å². The quantitative estimate of drug-likeness (QED) is 0.817. The van der Waals surface area contributed by atoms with Crippen LogP contribution in [-0.4, -0.2) is 20.1 Å². The Kier molecular flexibility index (Phi) is 5.36.